The first kappa shape index (κ1) is 11.8. The van der Waals surface area contributed by atoms with Gasteiger partial charge in [-0.1, -0.05) is 15.9 Å². The van der Waals surface area contributed by atoms with Crippen LogP contribution in [0.4, 0.5) is 0 Å². The van der Waals surface area contributed by atoms with Gasteiger partial charge in [-0.3, -0.25) is 0 Å². The van der Waals surface area contributed by atoms with Crippen LogP contribution in [0.15, 0.2) is 27.1 Å². The van der Waals surface area contributed by atoms with Gasteiger partial charge in [-0.25, -0.2) is 8.42 Å². The van der Waals surface area contributed by atoms with Gasteiger partial charge in [-0.05, 0) is 40.0 Å². The fourth-order valence-electron chi connectivity index (χ4n) is 0.739. The van der Waals surface area contributed by atoms with Crippen LogP contribution >= 0.6 is 31.9 Å². The van der Waals surface area contributed by atoms with E-state index in [9.17, 15) is 8.42 Å². The van der Waals surface area contributed by atoms with Crippen molar-refractivity contribution in [3.05, 3.63) is 32.7 Å². The lowest BCUT2D eigenvalue weighted by atomic mass is 10.2. The second kappa shape index (κ2) is 4.47. The van der Waals surface area contributed by atoms with Crippen molar-refractivity contribution in [1.29, 1.82) is 0 Å². The third kappa shape index (κ3) is 3.82. The zero-order chi connectivity index (χ0) is 10.8. The molecule has 0 aliphatic heterocycles. The maximum absolute atomic E-state index is 10.8. The lowest BCUT2D eigenvalue weighted by Crippen LogP contribution is -1.89. The molecule has 0 heterocycles. The van der Waals surface area contributed by atoms with Crippen LogP contribution in [0.3, 0.4) is 0 Å². The first-order chi connectivity index (χ1) is 6.38. The highest BCUT2D eigenvalue weighted by atomic mass is 79.9. The molecule has 14 heavy (non-hydrogen) atoms. The topological polar surface area (TPSA) is 34.1 Å². The molecule has 0 aliphatic carbocycles. The minimum Gasteiger partial charge on any atom is -0.216 e. The van der Waals surface area contributed by atoms with Crippen molar-refractivity contribution in [3.8, 4) is 11.2 Å². The van der Waals surface area contributed by atoms with Crippen molar-refractivity contribution in [2.24, 2.45) is 0 Å². The molecule has 0 unspecified atom stereocenters. The van der Waals surface area contributed by atoms with E-state index in [0.29, 0.717) is 5.56 Å². The smallest absolute Gasteiger partial charge is 0.214 e. The first-order valence-electron chi connectivity index (χ1n) is 3.56. The molecule has 1 aromatic carbocycles. The number of benzene rings is 1. The van der Waals surface area contributed by atoms with Crippen molar-refractivity contribution in [2.75, 3.05) is 6.26 Å². The van der Waals surface area contributed by atoms with Crippen molar-refractivity contribution >= 4 is 41.7 Å². The summed E-state index contributed by atoms with van der Waals surface area (Å²) in [6.45, 7) is 0. The van der Waals surface area contributed by atoms with Crippen LogP contribution in [0.25, 0.3) is 0 Å². The zero-order valence-electron chi connectivity index (χ0n) is 7.21. The summed E-state index contributed by atoms with van der Waals surface area (Å²) < 4.78 is 23.2. The van der Waals surface area contributed by atoms with Gasteiger partial charge in [-0.15, -0.1) is 0 Å². The van der Waals surface area contributed by atoms with E-state index >= 15 is 0 Å². The summed E-state index contributed by atoms with van der Waals surface area (Å²) in [4.78, 5) is 0. The second-order valence-electron chi connectivity index (χ2n) is 2.62. The summed E-state index contributed by atoms with van der Waals surface area (Å²) >= 11 is 6.58. The molecule has 0 N–H and O–H groups in total. The van der Waals surface area contributed by atoms with Crippen molar-refractivity contribution in [2.45, 2.75) is 0 Å². The Labute approximate surface area is 99.9 Å². The molecule has 0 spiro atoms. The minimum absolute atomic E-state index is 0.652. The normalized spacial score (nSPS) is 10.5. The van der Waals surface area contributed by atoms with Crippen LogP contribution in [-0.4, -0.2) is 14.7 Å². The summed E-state index contributed by atoms with van der Waals surface area (Å²) in [5, 5.41) is 2.18. The van der Waals surface area contributed by atoms with E-state index in [1.807, 2.05) is 6.07 Å². The Bertz CT molecular complexity index is 509. The van der Waals surface area contributed by atoms with E-state index in [0.717, 1.165) is 15.2 Å². The molecule has 0 saturated carbocycles. The summed E-state index contributed by atoms with van der Waals surface area (Å²) in [6, 6.07) is 5.36. The van der Waals surface area contributed by atoms with Gasteiger partial charge in [0, 0.05) is 19.8 Å². The van der Waals surface area contributed by atoms with Crippen molar-refractivity contribution in [3.63, 3.8) is 0 Å². The summed E-state index contributed by atoms with van der Waals surface area (Å²) in [7, 11) is -3.24. The molecule has 0 aromatic heterocycles. The van der Waals surface area contributed by atoms with E-state index in [1.165, 1.54) is 0 Å². The number of sulfone groups is 1. The van der Waals surface area contributed by atoms with Gasteiger partial charge in [0.15, 0.2) is 0 Å². The Morgan fingerprint density at radius 2 is 1.93 bits per heavy atom. The molecule has 74 valence electrons. The maximum atomic E-state index is 10.8. The van der Waals surface area contributed by atoms with Gasteiger partial charge in [0.25, 0.3) is 0 Å². The number of hydrogen-bond donors (Lipinski definition) is 0. The summed E-state index contributed by atoms with van der Waals surface area (Å²) in [5.74, 6) is 2.57. The summed E-state index contributed by atoms with van der Waals surface area (Å²) in [6.07, 6.45) is 1.08. The van der Waals surface area contributed by atoms with Gasteiger partial charge in [-0.2, -0.15) is 0 Å². The Morgan fingerprint density at radius 3 is 2.43 bits per heavy atom. The lowest BCUT2D eigenvalue weighted by Gasteiger charge is -1.95. The predicted octanol–water partition coefficient (Wildman–Crippen LogP) is 2.57. The predicted molar refractivity (Wildman–Crippen MR) is 63.6 cm³/mol. The van der Waals surface area contributed by atoms with E-state index in [2.05, 4.69) is 43.0 Å². The van der Waals surface area contributed by atoms with Crippen LogP contribution < -0.4 is 0 Å². The molecule has 0 radical (unpaired) electrons. The fourth-order valence-corrected chi connectivity index (χ4v) is 2.18. The Balaban J connectivity index is 3.15. The molecule has 0 amide bonds. The third-order valence-corrected chi connectivity index (χ3v) is 2.92. The molecule has 5 heteroatoms. The van der Waals surface area contributed by atoms with Gasteiger partial charge in [0.05, 0.1) is 6.26 Å². The van der Waals surface area contributed by atoms with Crippen LogP contribution in [0, 0.1) is 11.2 Å². The molecule has 0 atom stereocenters. The highest BCUT2D eigenvalue weighted by Gasteiger charge is 1.98. The van der Waals surface area contributed by atoms with Crippen molar-refractivity contribution < 1.29 is 8.42 Å². The number of rotatable bonds is 0. The fraction of sp³-hybridized carbons (Fsp3) is 0.111. The maximum Gasteiger partial charge on any atom is 0.214 e. The largest absolute Gasteiger partial charge is 0.216 e. The highest BCUT2D eigenvalue weighted by molar-refractivity contribution is 9.11. The van der Waals surface area contributed by atoms with Gasteiger partial charge in [0.2, 0.25) is 9.84 Å². The van der Waals surface area contributed by atoms with Gasteiger partial charge >= 0.3 is 0 Å². The van der Waals surface area contributed by atoms with E-state index < -0.39 is 9.84 Å². The standard InChI is InChI=1S/C9H6Br2O2S/c1-14(12,13)5-4-7-2-3-8(10)6-9(7)11/h2-3,6H,1H3. The summed E-state index contributed by atoms with van der Waals surface area (Å²) in [5.41, 5.74) is 0.652. The quantitative estimate of drug-likeness (QED) is 0.682. The molecule has 0 fully saturated rings. The number of halogens is 2. The molecular weight excluding hydrogens is 332 g/mol. The monoisotopic (exact) mass is 336 g/mol. The second-order valence-corrected chi connectivity index (χ2v) is 6.14. The van der Waals surface area contributed by atoms with Gasteiger partial charge < -0.3 is 0 Å². The Kier molecular flexibility index (Phi) is 3.76. The highest BCUT2D eigenvalue weighted by Crippen LogP contribution is 2.20. The Morgan fingerprint density at radius 1 is 1.29 bits per heavy atom. The minimum atomic E-state index is -3.24. The molecular formula is C9H6Br2O2S. The lowest BCUT2D eigenvalue weighted by molar-refractivity contribution is 0.611. The van der Waals surface area contributed by atoms with E-state index in [-0.39, 0.29) is 0 Å². The van der Waals surface area contributed by atoms with Crippen LogP contribution in [0.2, 0.25) is 0 Å². The average Bonchev–Trinajstić information content (AvgIpc) is 2.00. The van der Waals surface area contributed by atoms with E-state index in [1.54, 1.807) is 12.1 Å². The van der Waals surface area contributed by atoms with Gasteiger partial charge in [0.1, 0.15) is 0 Å². The number of hydrogen-bond acceptors (Lipinski definition) is 2. The average molecular weight is 338 g/mol. The molecule has 0 aliphatic rings. The van der Waals surface area contributed by atoms with Crippen LogP contribution in [-0.2, 0) is 9.84 Å². The Hall–Kier alpha value is -0.310. The SMILES string of the molecule is CS(=O)(=O)C#Cc1ccc(Br)cc1Br. The molecule has 1 rings (SSSR count). The van der Waals surface area contributed by atoms with Crippen LogP contribution in [0.5, 0.6) is 0 Å². The molecule has 0 saturated heterocycles. The molecule has 2 nitrogen and oxygen atoms in total. The molecule has 1 aromatic rings. The van der Waals surface area contributed by atoms with Crippen molar-refractivity contribution in [1.82, 2.24) is 0 Å². The van der Waals surface area contributed by atoms with Crippen LogP contribution in [0.1, 0.15) is 5.56 Å². The first-order valence-corrected chi connectivity index (χ1v) is 7.04. The van der Waals surface area contributed by atoms with E-state index in [4.69, 9.17) is 0 Å². The molecule has 0 bridgehead atoms. The third-order valence-electron chi connectivity index (χ3n) is 1.30. The zero-order valence-corrected chi connectivity index (χ0v) is 11.2.